The number of hydrogen-bond acceptors (Lipinski definition) is 4. The van der Waals surface area contributed by atoms with E-state index in [2.05, 4.69) is 5.32 Å². The van der Waals surface area contributed by atoms with E-state index in [0.717, 1.165) is 12.2 Å². The Bertz CT molecular complexity index is 611. The number of nitrogens with zero attached hydrogens (tertiary/aromatic N) is 1. The first-order valence-electron chi connectivity index (χ1n) is 8.46. The highest BCUT2D eigenvalue weighted by molar-refractivity contribution is 7.89. The lowest BCUT2D eigenvalue weighted by atomic mass is 9.97. The molecule has 0 unspecified atom stereocenters. The highest BCUT2D eigenvalue weighted by Gasteiger charge is 2.29. The maximum absolute atomic E-state index is 12.1. The minimum Gasteiger partial charge on any atom is -0.494 e. The highest BCUT2D eigenvalue weighted by atomic mass is 32.2. The highest BCUT2D eigenvalue weighted by Crippen LogP contribution is 2.20. The third kappa shape index (κ3) is 5.49. The van der Waals surface area contributed by atoms with Gasteiger partial charge >= 0.3 is 0 Å². The molecule has 0 aromatic heterocycles. The third-order valence-electron chi connectivity index (χ3n) is 4.22. The number of para-hydroxylation sites is 1. The zero-order valence-electron chi connectivity index (χ0n) is 14.1. The average molecular weight is 354 g/mol. The maximum Gasteiger partial charge on any atom is 0.223 e. The number of sulfonamides is 1. The lowest BCUT2D eigenvalue weighted by molar-refractivity contribution is -0.126. The van der Waals surface area contributed by atoms with Crippen LogP contribution in [0.1, 0.15) is 26.2 Å². The normalized spacial score (nSPS) is 16.7. The first kappa shape index (κ1) is 18.7. The largest absolute Gasteiger partial charge is 0.494 e. The summed E-state index contributed by atoms with van der Waals surface area (Å²) in [6, 6.07) is 9.57. The Balaban J connectivity index is 1.62. The van der Waals surface area contributed by atoms with Crippen LogP contribution in [0.2, 0.25) is 0 Å². The van der Waals surface area contributed by atoms with Crippen molar-refractivity contribution in [3.05, 3.63) is 30.3 Å². The molecule has 1 saturated heterocycles. The average Bonchev–Trinajstić information content (AvgIpc) is 2.62. The van der Waals surface area contributed by atoms with Gasteiger partial charge in [0.1, 0.15) is 5.75 Å². The summed E-state index contributed by atoms with van der Waals surface area (Å²) >= 11 is 0. The van der Waals surface area contributed by atoms with Crippen LogP contribution in [0, 0.1) is 5.92 Å². The summed E-state index contributed by atoms with van der Waals surface area (Å²) in [7, 11) is -3.14. The zero-order valence-corrected chi connectivity index (χ0v) is 14.9. The van der Waals surface area contributed by atoms with Gasteiger partial charge in [-0.2, -0.15) is 0 Å². The van der Waals surface area contributed by atoms with Gasteiger partial charge in [0, 0.05) is 25.6 Å². The standard InChI is InChI=1S/C17H26N2O4S/c1-2-24(21,22)19-12-9-15(10-13-19)17(20)18-11-6-14-23-16-7-4-3-5-8-16/h3-5,7-8,15H,2,6,9-14H2,1H3,(H,18,20). The lowest BCUT2D eigenvalue weighted by Crippen LogP contribution is -2.43. The molecule has 1 aromatic carbocycles. The summed E-state index contributed by atoms with van der Waals surface area (Å²) < 4.78 is 30.7. The van der Waals surface area contributed by atoms with E-state index in [9.17, 15) is 13.2 Å². The van der Waals surface area contributed by atoms with Gasteiger partial charge in [-0.1, -0.05) is 18.2 Å². The number of carbonyl (C=O) groups excluding carboxylic acids is 1. The fourth-order valence-electron chi connectivity index (χ4n) is 2.71. The predicted octanol–water partition coefficient (Wildman–Crippen LogP) is 1.63. The van der Waals surface area contributed by atoms with Crippen LogP contribution in [0.4, 0.5) is 0 Å². The number of rotatable bonds is 8. The fraction of sp³-hybridized carbons (Fsp3) is 0.588. The molecule has 1 amide bonds. The smallest absolute Gasteiger partial charge is 0.223 e. The van der Waals surface area contributed by atoms with E-state index in [1.807, 2.05) is 30.3 Å². The van der Waals surface area contributed by atoms with Crippen molar-refractivity contribution >= 4 is 15.9 Å². The molecule has 1 aliphatic heterocycles. The summed E-state index contributed by atoms with van der Waals surface area (Å²) in [6.07, 6.45) is 1.92. The van der Waals surface area contributed by atoms with Crippen LogP contribution in [-0.2, 0) is 14.8 Å². The van der Waals surface area contributed by atoms with Gasteiger partial charge in [-0.25, -0.2) is 12.7 Å². The summed E-state index contributed by atoms with van der Waals surface area (Å²) in [5.41, 5.74) is 0. The van der Waals surface area contributed by atoms with Crippen molar-refractivity contribution in [2.75, 3.05) is 32.0 Å². The predicted molar refractivity (Wildman–Crippen MR) is 93.3 cm³/mol. The van der Waals surface area contributed by atoms with E-state index in [4.69, 9.17) is 4.74 Å². The van der Waals surface area contributed by atoms with Gasteiger partial charge < -0.3 is 10.1 Å². The Morgan fingerprint density at radius 2 is 1.92 bits per heavy atom. The van der Waals surface area contributed by atoms with Crippen LogP contribution in [-0.4, -0.2) is 50.6 Å². The van der Waals surface area contributed by atoms with Crippen LogP contribution < -0.4 is 10.1 Å². The number of carbonyl (C=O) groups is 1. The molecule has 24 heavy (non-hydrogen) atoms. The number of hydrogen-bond donors (Lipinski definition) is 1. The minimum absolute atomic E-state index is 0.0169. The molecule has 0 radical (unpaired) electrons. The van der Waals surface area contributed by atoms with Gasteiger partial charge in [-0.3, -0.25) is 4.79 Å². The monoisotopic (exact) mass is 354 g/mol. The Hall–Kier alpha value is -1.60. The van der Waals surface area contributed by atoms with Crippen LogP contribution in [0.5, 0.6) is 5.75 Å². The van der Waals surface area contributed by atoms with E-state index in [1.165, 1.54) is 4.31 Å². The zero-order chi connectivity index (χ0) is 17.4. The molecule has 1 aliphatic rings. The molecule has 1 N–H and O–H groups in total. The van der Waals surface area contributed by atoms with Crippen molar-refractivity contribution in [1.82, 2.24) is 9.62 Å². The number of ether oxygens (including phenoxy) is 1. The van der Waals surface area contributed by atoms with Gasteiger partial charge in [-0.05, 0) is 38.3 Å². The minimum atomic E-state index is -3.14. The number of benzene rings is 1. The first-order chi connectivity index (χ1) is 11.5. The van der Waals surface area contributed by atoms with E-state index in [0.29, 0.717) is 39.1 Å². The molecule has 134 valence electrons. The molecule has 7 heteroatoms. The molecule has 0 bridgehead atoms. The Labute approximate surface area is 144 Å². The number of amides is 1. The van der Waals surface area contributed by atoms with Crippen molar-refractivity contribution in [2.45, 2.75) is 26.2 Å². The Morgan fingerprint density at radius 1 is 1.25 bits per heavy atom. The summed E-state index contributed by atoms with van der Waals surface area (Å²) in [5.74, 6) is 0.866. The molecular formula is C17H26N2O4S. The fourth-order valence-corrected chi connectivity index (χ4v) is 3.85. The van der Waals surface area contributed by atoms with E-state index in [1.54, 1.807) is 6.92 Å². The molecule has 6 nitrogen and oxygen atoms in total. The van der Waals surface area contributed by atoms with Crippen LogP contribution >= 0.6 is 0 Å². The molecular weight excluding hydrogens is 328 g/mol. The van der Waals surface area contributed by atoms with Crippen LogP contribution in [0.15, 0.2) is 30.3 Å². The molecule has 2 rings (SSSR count). The van der Waals surface area contributed by atoms with Crippen molar-refractivity contribution in [3.63, 3.8) is 0 Å². The first-order valence-corrected chi connectivity index (χ1v) is 10.1. The Kier molecular flexibility index (Phi) is 7.05. The molecule has 1 aromatic rings. The van der Waals surface area contributed by atoms with Gasteiger partial charge in [0.2, 0.25) is 15.9 Å². The van der Waals surface area contributed by atoms with E-state index in [-0.39, 0.29) is 17.6 Å². The number of piperidine rings is 1. The molecule has 0 spiro atoms. The molecule has 0 atom stereocenters. The second kappa shape index (κ2) is 9.03. The molecule has 1 fully saturated rings. The van der Waals surface area contributed by atoms with Gasteiger partial charge in [-0.15, -0.1) is 0 Å². The molecule has 0 aliphatic carbocycles. The van der Waals surface area contributed by atoms with Crippen molar-refractivity contribution in [1.29, 1.82) is 0 Å². The summed E-state index contributed by atoms with van der Waals surface area (Å²) in [5, 5.41) is 2.92. The van der Waals surface area contributed by atoms with Crippen molar-refractivity contribution < 1.29 is 17.9 Å². The second-order valence-corrected chi connectivity index (χ2v) is 8.14. The molecule has 0 saturated carbocycles. The van der Waals surface area contributed by atoms with Crippen LogP contribution in [0.3, 0.4) is 0 Å². The lowest BCUT2D eigenvalue weighted by Gasteiger charge is -2.30. The van der Waals surface area contributed by atoms with E-state index >= 15 is 0 Å². The quantitative estimate of drug-likeness (QED) is 0.720. The third-order valence-corrected chi connectivity index (χ3v) is 6.10. The van der Waals surface area contributed by atoms with E-state index < -0.39 is 10.0 Å². The van der Waals surface area contributed by atoms with Gasteiger partial charge in [0.25, 0.3) is 0 Å². The summed E-state index contributed by atoms with van der Waals surface area (Å²) in [6.45, 7) is 3.64. The topological polar surface area (TPSA) is 75.7 Å². The SMILES string of the molecule is CCS(=O)(=O)N1CCC(C(=O)NCCCOc2ccccc2)CC1. The van der Waals surface area contributed by atoms with Gasteiger partial charge in [0.05, 0.1) is 12.4 Å². The van der Waals surface area contributed by atoms with Gasteiger partial charge in [0.15, 0.2) is 0 Å². The molecule has 1 heterocycles. The van der Waals surface area contributed by atoms with Crippen LogP contribution in [0.25, 0.3) is 0 Å². The van der Waals surface area contributed by atoms with Crippen molar-refractivity contribution in [3.8, 4) is 5.75 Å². The second-order valence-electron chi connectivity index (χ2n) is 5.88. The van der Waals surface area contributed by atoms with Crippen molar-refractivity contribution in [2.24, 2.45) is 5.92 Å². The maximum atomic E-state index is 12.1. The number of nitrogens with one attached hydrogen (secondary N) is 1. The Morgan fingerprint density at radius 3 is 2.54 bits per heavy atom. The summed E-state index contributed by atoms with van der Waals surface area (Å²) in [4.78, 5) is 12.1.